The molecule has 1 aliphatic rings. The topological polar surface area (TPSA) is 101 Å². The van der Waals surface area contributed by atoms with Crippen LogP contribution in [0.4, 0.5) is 5.69 Å². The number of amides is 1. The highest BCUT2D eigenvalue weighted by Crippen LogP contribution is 2.39. The van der Waals surface area contributed by atoms with Crippen molar-refractivity contribution in [1.29, 1.82) is 0 Å². The summed E-state index contributed by atoms with van der Waals surface area (Å²) in [6, 6.07) is 11.3. The van der Waals surface area contributed by atoms with E-state index in [0.29, 0.717) is 11.1 Å². The number of carbonyl (C=O) groups is 2. The third-order valence-corrected chi connectivity index (χ3v) is 4.93. The molecular weight excluding hydrogens is 428 g/mol. The van der Waals surface area contributed by atoms with Crippen molar-refractivity contribution in [1.82, 2.24) is 4.90 Å². The first-order valence-electron chi connectivity index (χ1n) is 8.24. The van der Waals surface area contributed by atoms with Crippen LogP contribution < -0.4 is 0 Å². The van der Waals surface area contributed by atoms with Crippen molar-refractivity contribution >= 4 is 39.1 Å². The van der Waals surface area contributed by atoms with E-state index < -0.39 is 22.7 Å². The molecule has 142 valence electrons. The maximum Gasteiger partial charge on any atom is 0.295 e. The first-order valence-corrected chi connectivity index (χ1v) is 9.04. The van der Waals surface area contributed by atoms with E-state index in [9.17, 15) is 24.8 Å². The number of halogens is 1. The van der Waals surface area contributed by atoms with Crippen molar-refractivity contribution in [3.05, 3.63) is 92.5 Å². The zero-order valence-electron chi connectivity index (χ0n) is 14.5. The molecule has 7 nitrogen and oxygen atoms in total. The van der Waals surface area contributed by atoms with Gasteiger partial charge in [-0.05, 0) is 29.8 Å². The number of hydrogen-bond donors (Lipinski definition) is 1. The average Bonchev–Trinajstić information content (AvgIpc) is 2.93. The smallest absolute Gasteiger partial charge is 0.295 e. The summed E-state index contributed by atoms with van der Waals surface area (Å²) in [5.41, 5.74) is 0.678. The van der Waals surface area contributed by atoms with Gasteiger partial charge < -0.3 is 10.0 Å². The Morgan fingerprint density at radius 3 is 2.32 bits per heavy atom. The van der Waals surface area contributed by atoms with Crippen LogP contribution in [0.3, 0.4) is 0 Å². The minimum atomic E-state index is -0.873. The van der Waals surface area contributed by atoms with Crippen LogP contribution in [0.1, 0.15) is 17.2 Å². The fraction of sp³-hybridized carbons (Fsp3) is 0.100. The second-order valence-corrected chi connectivity index (χ2v) is 7.01. The Bertz CT molecular complexity index is 996. The lowest BCUT2D eigenvalue weighted by atomic mass is 9.95. The average molecular weight is 443 g/mol. The lowest BCUT2D eigenvalue weighted by Crippen LogP contribution is -2.29. The quantitative estimate of drug-likeness (QED) is 0.188. The summed E-state index contributed by atoms with van der Waals surface area (Å²) in [5, 5.41) is 21.7. The number of ketones is 1. The van der Waals surface area contributed by atoms with Crippen LogP contribution in [-0.2, 0) is 9.59 Å². The van der Waals surface area contributed by atoms with E-state index in [-0.39, 0.29) is 23.6 Å². The van der Waals surface area contributed by atoms with Crippen molar-refractivity contribution in [3.8, 4) is 0 Å². The number of likely N-dealkylation sites (tertiary alicyclic amines) is 1. The van der Waals surface area contributed by atoms with Crippen molar-refractivity contribution in [3.63, 3.8) is 0 Å². The number of nitro benzene ring substituents is 1. The highest BCUT2D eigenvalue weighted by Gasteiger charge is 2.45. The Kier molecular flexibility index (Phi) is 5.41. The molecule has 2 aromatic rings. The largest absolute Gasteiger partial charge is 0.507 e. The molecule has 1 fully saturated rings. The molecule has 0 aliphatic carbocycles. The van der Waals surface area contributed by atoms with Crippen LogP contribution in [0.25, 0.3) is 5.76 Å². The molecular formula is C20H15BrN2O5. The number of aliphatic hydroxyl groups excluding tert-OH is 1. The van der Waals surface area contributed by atoms with Crippen LogP contribution in [0, 0.1) is 10.1 Å². The van der Waals surface area contributed by atoms with Crippen LogP contribution in [-0.4, -0.2) is 33.2 Å². The molecule has 0 aromatic heterocycles. The summed E-state index contributed by atoms with van der Waals surface area (Å²) in [6.45, 7) is 3.70. The normalized spacial score (nSPS) is 18.3. The molecule has 2 aromatic carbocycles. The van der Waals surface area contributed by atoms with Crippen molar-refractivity contribution in [2.75, 3.05) is 6.54 Å². The first-order chi connectivity index (χ1) is 13.3. The summed E-state index contributed by atoms with van der Waals surface area (Å²) in [5.74, 6) is -1.88. The van der Waals surface area contributed by atoms with E-state index in [2.05, 4.69) is 22.5 Å². The molecule has 1 aliphatic heterocycles. The van der Waals surface area contributed by atoms with E-state index in [0.717, 1.165) is 4.47 Å². The van der Waals surface area contributed by atoms with Gasteiger partial charge in [-0.2, -0.15) is 0 Å². The fourth-order valence-electron chi connectivity index (χ4n) is 3.10. The minimum Gasteiger partial charge on any atom is -0.507 e. The third kappa shape index (κ3) is 3.46. The maximum atomic E-state index is 12.7. The molecule has 0 radical (unpaired) electrons. The number of nitro groups is 1. The maximum absolute atomic E-state index is 12.7. The van der Waals surface area contributed by atoms with Gasteiger partial charge in [0.15, 0.2) is 0 Å². The number of hydrogen-bond acceptors (Lipinski definition) is 5. The van der Waals surface area contributed by atoms with Crippen LogP contribution >= 0.6 is 15.9 Å². The monoisotopic (exact) mass is 442 g/mol. The minimum absolute atomic E-state index is 0.0666. The van der Waals surface area contributed by atoms with Crippen molar-refractivity contribution in [2.45, 2.75) is 6.04 Å². The SMILES string of the molecule is C=CCN1C(=O)C(=O)/C(=C(/O)c2ccc(Br)cc2)[C@H]1c1ccc([N+](=O)[O-])cc1. The summed E-state index contributed by atoms with van der Waals surface area (Å²) in [4.78, 5) is 36.8. The Morgan fingerprint density at radius 2 is 1.79 bits per heavy atom. The highest BCUT2D eigenvalue weighted by molar-refractivity contribution is 9.10. The van der Waals surface area contributed by atoms with Gasteiger partial charge in [-0.3, -0.25) is 19.7 Å². The highest BCUT2D eigenvalue weighted by atomic mass is 79.9. The molecule has 3 rings (SSSR count). The second-order valence-electron chi connectivity index (χ2n) is 6.10. The Morgan fingerprint density at radius 1 is 1.18 bits per heavy atom. The standard InChI is InChI=1S/C20H15BrN2O5/c1-2-11-22-17(12-5-9-15(10-6-12)23(27)28)16(19(25)20(22)26)18(24)13-3-7-14(21)8-4-13/h2-10,17,24H,1,11H2/b18-16+/t17-/m1/s1. The molecule has 1 amide bonds. The number of nitrogens with zero attached hydrogens (tertiary/aromatic N) is 2. The van der Waals surface area contributed by atoms with E-state index in [4.69, 9.17) is 0 Å². The second kappa shape index (κ2) is 7.77. The molecule has 0 spiro atoms. The van der Waals surface area contributed by atoms with Gasteiger partial charge in [0.25, 0.3) is 17.4 Å². The lowest BCUT2D eigenvalue weighted by molar-refractivity contribution is -0.384. The van der Waals surface area contributed by atoms with Gasteiger partial charge >= 0.3 is 0 Å². The van der Waals surface area contributed by atoms with Gasteiger partial charge in [-0.25, -0.2) is 0 Å². The Labute approximate surface area is 168 Å². The van der Waals surface area contributed by atoms with Gasteiger partial charge in [0.1, 0.15) is 5.76 Å². The van der Waals surface area contributed by atoms with E-state index in [1.165, 1.54) is 35.2 Å². The Hall–Kier alpha value is -3.26. The predicted molar refractivity (Wildman–Crippen MR) is 106 cm³/mol. The zero-order chi connectivity index (χ0) is 20.4. The van der Waals surface area contributed by atoms with Gasteiger partial charge in [-0.15, -0.1) is 6.58 Å². The first kappa shape index (κ1) is 19.5. The molecule has 1 atom stereocenters. The number of non-ortho nitro benzene ring substituents is 1. The fourth-order valence-corrected chi connectivity index (χ4v) is 3.36. The van der Waals surface area contributed by atoms with Gasteiger partial charge in [-0.1, -0.05) is 34.1 Å². The molecule has 1 heterocycles. The molecule has 1 N–H and O–H groups in total. The Balaban J connectivity index is 2.17. The van der Waals surface area contributed by atoms with E-state index in [1.807, 2.05) is 0 Å². The van der Waals surface area contributed by atoms with Crippen LogP contribution in [0.15, 0.2) is 71.2 Å². The number of carbonyl (C=O) groups excluding carboxylic acids is 2. The summed E-state index contributed by atoms with van der Waals surface area (Å²) >= 11 is 3.30. The molecule has 0 bridgehead atoms. The summed E-state index contributed by atoms with van der Waals surface area (Å²) < 4.78 is 0.795. The molecule has 0 saturated carbocycles. The lowest BCUT2D eigenvalue weighted by Gasteiger charge is -2.24. The van der Waals surface area contributed by atoms with Crippen molar-refractivity contribution < 1.29 is 19.6 Å². The molecule has 8 heteroatoms. The number of aliphatic hydroxyl groups is 1. The van der Waals surface area contributed by atoms with E-state index >= 15 is 0 Å². The molecule has 1 saturated heterocycles. The van der Waals surface area contributed by atoms with E-state index in [1.54, 1.807) is 24.3 Å². The van der Waals surface area contributed by atoms with Gasteiger partial charge in [0.2, 0.25) is 0 Å². The predicted octanol–water partition coefficient (Wildman–Crippen LogP) is 3.97. The van der Waals surface area contributed by atoms with Gasteiger partial charge in [0.05, 0.1) is 16.5 Å². The molecule has 28 heavy (non-hydrogen) atoms. The summed E-state index contributed by atoms with van der Waals surface area (Å²) in [7, 11) is 0. The number of benzene rings is 2. The number of rotatable bonds is 5. The van der Waals surface area contributed by atoms with Crippen molar-refractivity contribution in [2.24, 2.45) is 0 Å². The zero-order valence-corrected chi connectivity index (χ0v) is 16.1. The van der Waals surface area contributed by atoms with Crippen LogP contribution in [0.5, 0.6) is 0 Å². The van der Waals surface area contributed by atoms with Gasteiger partial charge in [0, 0.05) is 28.7 Å². The van der Waals surface area contributed by atoms with Crippen LogP contribution in [0.2, 0.25) is 0 Å². The third-order valence-electron chi connectivity index (χ3n) is 4.40. The summed E-state index contributed by atoms with van der Waals surface area (Å²) in [6.07, 6.45) is 1.48. The number of Topliss-reactive ketones (excluding diaryl/α,β-unsaturated/α-hetero) is 1. The molecule has 0 unspecified atom stereocenters.